The second-order valence-corrected chi connectivity index (χ2v) is 6.53. The van der Waals surface area contributed by atoms with Crippen LogP contribution in [0.4, 0.5) is 4.79 Å². The molecule has 0 aromatic carbocycles. The minimum atomic E-state index is -0.488. The molecule has 2 rings (SSSR count). The minimum absolute atomic E-state index is 0.0569. The lowest BCUT2D eigenvalue weighted by atomic mass is 9.91. The van der Waals surface area contributed by atoms with E-state index in [4.69, 9.17) is 4.74 Å². The van der Waals surface area contributed by atoms with E-state index in [1.807, 2.05) is 27.8 Å². The molecular formula is C15H23N3O3. The van der Waals surface area contributed by atoms with Crippen LogP contribution < -0.4 is 0 Å². The van der Waals surface area contributed by atoms with E-state index < -0.39 is 5.60 Å². The Morgan fingerprint density at radius 1 is 1.29 bits per heavy atom. The number of amides is 1. The van der Waals surface area contributed by atoms with Gasteiger partial charge in [-0.3, -0.25) is 4.79 Å². The molecule has 1 fully saturated rings. The zero-order chi connectivity index (χ0) is 15.6. The van der Waals surface area contributed by atoms with Gasteiger partial charge in [0.25, 0.3) is 0 Å². The van der Waals surface area contributed by atoms with Gasteiger partial charge in [0.15, 0.2) is 5.78 Å². The second kappa shape index (κ2) is 5.87. The van der Waals surface area contributed by atoms with E-state index in [0.29, 0.717) is 31.6 Å². The average Bonchev–Trinajstić information content (AvgIpc) is 2.83. The summed E-state index contributed by atoms with van der Waals surface area (Å²) < 4.78 is 7.11. The third-order valence-electron chi connectivity index (χ3n) is 3.47. The van der Waals surface area contributed by atoms with Gasteiger partial charge >= 0.3 is 6.09 Å². The fourth-order valence-corrected chi connectivity index (χ4v) is 2.40. The fraction of sp³-hybridized carbons (Fsp3) is 0.667. The molecule has 0 unspecified atom stereocenters. The van der Waals surface area contributed by atoms with Gasteiger partial charge < -0.3 is 14.2 Å². The van der Waals surface area contributed by atoms with Crippen molar-refractivity contribution in [3.63, 3.8) is 0 Å². The van der Waals surface area contributed by atoms with Crippen molar-refractivity contribution in [2.75, 3.05) is 13.1 Å². The molecular weight excluding hydrogens is 270 g/mol. The van der Waals surface area contributed by atoms with Crippen molar-refractivity contribution >= 4 is 11.9 Å². The maximum absolute atomic E-state index is 12.3. The molecule has 0 N–H and O–H groups in total. The Kier molecular flexibility index (Phi) is 4.34. The highest BCUT2D eigenvalue weighted by Gasteiger charge is 2.30. The molecule has 116 valence electrons. The lowest BCUT2D eigenvalue weighted by molar-refractivity contribution is 0.0182. The van der Waals surface area contributed by atoms with Gasteiger partial charge in [-0.05, 0) is 33.6 Å². The van der Waals surface area contributed by atoms with E-state index >= 15 is 0 Å². The molecule has 6 nitrogen and oxygen atoms in total. The molecule has 1 amide bonds. The summed E-state index contributed by atoms with van der Waals surface area (Å²) in [4.78, 5) is 30.1. The molecule has 1 aliphatic heterocycles. The number of ether oxygens (including phenoxy) is 1. The number of ketones is 1. The molecule has 2 heterocycles. The Labute approximate surface area is 125 Å². The first-order chi connectivity index (χ1) is 9.76. The van der Waals surface area contributed by atoms with Gasteiger partial charge in [0.2, 0.25) is 0 Å². The standard InChI is InChI=1S/C15H23N3O3/c1-15(2,3)21-14(20)18-7-5-11(6-8-18)13(19)12-9-17(4)10-16-12/h9-11H,5-8H2,1-4H3. The molecule has 0 spiro atoms. The van der Waals surface area contributed by atoms with Crippen LogP contribution >= 0.6 is 0 Å². The number of nitrogens with zero attached hydrogens (tertiary/aromatic N) is 3. The summed E-state index contributed by atoms with van der Waals surface area (Å²) in [7, 11) is 1.84. The molecule has 1 aromatic heterocycles. The van der Waals surface area contributed by atoms with Crippen LogP contribution in [0.1, 0.15) is 44.1 Å². The summed E-state index contributed by atoms with van der Waals surface area (Å²) in [6.07, 6.45) is 4.39. The molecule has 6 heteroatoms. The lowest BCUT2D eigenvalue weighted by Gasteiger charge is -2.32. The number of carbonyl (C=O) groups excluding carboxylic acids is 2. The third kappa shape index (κ3) is 4.06. The summed E-state index contributed by atoms with van der Waals surface area (Å²) in [5, 5.41) is 0. The quantitative estimate of drug-likeness (QED) is 0.785. The normalized spacial score (nSPS) is 16.9. The van der Waals surface area contributed by atoms with Crippen molar-refractivity contribution < 1.29 is 14.3 Å². The Hall–Kier alpha value is -1.85. The van der Waals surface area contributed by atoms with Crippen molar-refractivity contribution in [1.82, 2.24) is 14.5 Å². The zero-order valence-electron chi connectivity index (χ0n) is 13.1. The fourth-order valence-electron chi connectivity index (χ4n) is 2.40. The summed E-state index contributed by atoms with van der Waals surface area (Å²) >= 11 is 0. The van der Waals surface area contributed by atoms with Crippen molar-refractivity contribution in [3.05, 3.63) is 18.2 Å². The Balaban J connectivity index is 1.88. The van der Waals surface area contributed by atoms with E-state index in [1.54, 1.807) is 22.0 Å². The summed E-state index contributed by atoms with van der Waals surface area (Å²) in [6.45, 7) is 6.66. The predicted octanol–water partition coefficient (Wildman–Crippen LogP) is 2.25. The van der Waals surface area contributed by atoms with E-state index in [-0.39, 0.29) is 17.8 Å². The van der Waals surface area contributed by atoms with Gasteiger partial charge in [-0.25, -0.2) is 9.78 Å². The number of aryl methyl sites for hydroxylation is 1. The maximum atomic E-state index is 12.3. The van der Waals surface area contributed by atoms with Gasteiger partial charge in [-0.15, -0.1) is 0 Å². The number of hydrogen-bond acceptors (Lipinski definition) is 4. The highest BCUT2D eigenvalue weighted by atomic mass is 16.6. The summed E-state index contributed by atoms with van der Waals surface area (Å²) in [5.74, 6) is 0.0121. The number of hydrogen-bond donors (Lipinski definition) is 0. The molecule has 0 aliphatic carbocycles. The topological polar surface area (TPSA) is 64.4 Å². The summed E-state index contributed by atoms with van der Waals surface area (Å²) in [5.41, 5.74) is 0.0192. The molecule has 0 atom stereocenters. The number of imidazole rings is 1. The van der Waals surface area contributed by atoms with Crippen LogP contribution in [-0.2, 0) is 11.8 Å². The van der Waals surface area contributed by atoms with Gasteiger partial charge in [-0.1, -0.05) is 0 Å². The number of aromatic nitrogens is 2. The molecule has 0 saturated carbocycles. The molecule has 1 aromatic rings. The van der Waals surface area contributed by atoms with Gasteiger partial charge in [-0.2, -0.15) is 0 Å². The number of Topliss-reactive ketones (excluding diaryl/α,β-unsaturated/α-hetero) is 1. The Morgan fingerprint density at radius 3 is 2.38 bits per heavy atom. The van der Waals surface area contributed by atoms with E-state index in [9.17, 15) is 9.59 Å². The van der Waals surface area contributed by atoms with E-state index in [1.165, 1.54) is 0 Å². The first-order valence-corrected chi connectivity index (χ1v) is 7.26. The van der Waals surface area contributed by atoms with E-state index in [0.717, 1.165) is 0 Å². The SMILES string of the molecule is Cn1cnc(C(=O)C2CCN(C(=O)OC(C)(C)C)CC2)c1. The Morgan fingerprint density at radius 2 is 1.90 bits per heavy atom. The summed E-state index contributed by atoms with van der Waals surface area (Å²) in [6, 6.07) is 0. The highest BCUT2D eigenvalue weighted by Crippen LogP contribution is 2.22. The molecule has 1 aliphatic rings. The molecule has 1 saturated heterocycles. The average molecular weight is 293 g/mol. The third-order valence-corrected chi connectivity index (χ3v) is 3.47. The second-order valence-electron chi connectivity index (χ2n) is 6.53. The van der Waals surface area contributed by atoms with Crippen LogP contribution in [0.25, 0.3) is 0 Å². The van der Waals surface area contributed by atoms with Crippen LogP contribution in [0, 0.1) is 5.92 Å². The molecule has 0 bridgehead atoms. The van der Waals surface area contributed by atoms with Crippen molar-refractivity contribution in [2.45, 2.75) is 39.2 Å². The maximum Gasteiger partial charge on any atom is 0.410 e. The number of likely N-dealkylation sites (tertiary alicyclic amines) is 1. The van der Waals surface area contributed by atoms with Crippen LogP contribution in [0.15, 0.2) is 12.5 Å². The molecule has 21 heavy (non-hydrogen) atoms. The van der Waals surface area contributed by atoms with Crippen LogP contribution in [0.3, 0.4) is 0 Å². The van der Waals surface area contributed by atoms with Gasteiger partial charge in [0.1, 0.15) is 11.3 Å². The van der Waals surface area contributed by atoms with Gasteiger partial charge in [0, 0.05) is 32.3 Å². The number of rotatable bonds is 2. The van der Waals surface area contributed by atoms with Crippen LogP contribution in [0.2, 0.25) is 0 Å². The first-order valence-electron chi connectivity index (χ1n) is 7.26. The van der Waals surface area contributed by atoms with Crippen molar-refractivity contribution in [3.8, 4) is 0 Å². The van der Waals surface area contributed by atoms with Crippen LogP contribution in [0.5, 0.6) is 0 Å². The first kappa shape index (κ1) is 15.5. The largest absolute Gasteiger partial charge is 0.444 e. The van der Waals surface area contributed by atoms with E-state index in [2.05, 4.69) is 4.98 Å². The highest BCUT2D eigenvalue weighted by molar-refractivity contribution is 5.96. The zero-order valence-corrected chi connectivity index (χ0v) is 13.1. The number of piperidine rings is 1. The lowest BCUT2D eigenvalue weighted by Crippen LogP contribution is -2.43. The van der Waals surface area contributed by atoms with Gasteiger partial charge in [0.05, 0.1) is 6.33 Å². The molecule has 0 radical (unpaired) electrons. The van der Waals surface area contributed by atoms with Crippen LogP contribution in [-0.4, -0.2) is 45.0 Å². The Bertz CT molecular complexity index is 523. The van der Waals surface area contributed by atoms with Crippen molar-refractivity contribution in [1.29, 1.82) is 0 Å². The minimum Gasteiger partial charge on any atom is -0.444 e. The monoisotopic (exact) mass is 293 g/mol. The van der Waals surface area contributed by atoms with Crippen molar-refractivity contribution in [2.24, 2.45) is 13.0 Å². The predicted molar refractivity (Wildman–Crippen MR) is 78.1 cm³/mol. The number of carbonyl (C=O) groups is 2. The smallest absolute Gasteiger partial charge is 0.410 e.